The number of imidazole rings is 1. The molecule has 1 aliphatic rings. The molecule has 0 aliphatic carbocycles. The van der Waals surface area contributed by atoms with Crippen molar-refractivity contribution in [3.63, 3.8) is 0 Å². The Labute approximate surface area is 163 Å². The number of hydrogen-bond donors (Lipinski definition) is 2. The predicted octanol–water partition coefficient (Wildman–Crippen LogP) is 1.56. The molecule has 1 aliphatic heterocycles. The number of morpholine rings is 1. The van der Waals surface area contributed by atoms with E-state index in [9.17, 15) is 10.0 Å². The van der Waals surface area contributed by atoms with Crippen LogP contribution < -0.4 is 10.4 Å². The normalized spacial score (nSPS) is 14.7. The molecule has 1 fully saturated rings. The highest BCUT2D eigenvalue weighted by molar-refractivity contribution is 6.61. The first-order chi connectivity index (χ1) is 13.0. The Bertz CT molecular complexity index is 970. The number of hydrogen-bond acceptors (Lipinski definition) is 5. The summed E-state index contributed by atoms with van der Waals surface area (Å²) < 4.78 is 7.50. The zero-order valence-corrected chi connectivity index (χ0v) is 15.9. The van der Waals surface area contributed by atoms with E-state index >= 15 is 0 Å². The van der Waals surface area contributed by atoms with E-state index < -0.39 is 7.12 Å². The quantitative estimate of drug-likeness (QED) is 0.667. The van der Waals surface area contributed by atoms with Crippen molar-refractivity contribution in [1.29, 1.82) is 0 Å². The fourth-order valence-electron chi connectivity index (χ4n) is 3.55. The van der Waals surface area contributed by atoms with Gasteiger partial charge < -0.3 is 24.3 Å². The number of rotatable bonds is 4. The van der Waals surface area contributed by atoms with E-state index in [2.05, 4.69) is 20.5 Å². The largest absolute Gasteiger partial charge is 0.490 e. The fraction of sp³-hybridized carbons (Fsp3) is 0.316. The first-order valence-corrected chi connectivity index (χ1v) is 9.35. The summed E-state index contributed by atoms with van der Waals surface area (Å²) in [6.45, 7) is 5.34. The second-order valence-corrected chi connectivity index (χ2v) is 7.12. The van der Waals surface area contributed by atoms with Crippen molar-refractivity contribution in [2.45, 2.75) is 13.5 Å². The van der Waals surface area contributed by atoms with Gasteiger partial charge in [-0.25, -0.2) is 4.98 Å². The lowest BCUT2D eigenvalue weighted by Crippen LogP contribution is -2.38. The van der Waals surface area contributed by atoms with Crippen LogP contribution in [0.25, 0.3) is 11.0 Å². The van der Waals surface area contributed by atoms with Gasteiger partial charge in [-0.1, -0.05) is 29.8 Å². The molecule has 2 aromatic carbocycles. The Morgan fingerprint density at radius 1 is 1.19 bits per heavy atom. The van der Waals surface area contributed by atoms with Crippen molar-refractivity contribution in [1.82, 2.24) is 9.55 Å². The number of nitrogens with zero attached hydrogens (tertiary/aromatic N) is 3. The zero-order chi connectivity index (χ0) is 19.0. The minimum absolute atomic E-state index is 0.412. The van der Waals surface area contributed by atoms with Crippen molar-refractivity contribution in [2.24, 2.45) is 0 Å². The monoisotopic (exact) mass is 385 g/mol. The first-order valence-electron chi connectivity index (χ1n) is 8.97. The maximum Gasteiger partial charge on any atom is 0.490 e. The smallest absolute Gasteiger partial charge is 0.423 e. The SMILES string of the molecule is Cc1nc2c(B(O)O)cc(N3CCOCC3)cc2n1Cc1ccccc1Cl. The van der Waals surface area contributed by atoms with Gasteiger partial charge in [-0.05, 0) is 30.7 Å². The van der Waals surface area contributed by atoms with Crippen molar-refractivity contribution >= 4 is 40.9 Å². The summed E-state index contributed by atoms with van der Waals surface area (Å²) in [5.74, 6) is 0.797. The van der Waals surface area contributed by atoms with Crippen molar-refractivity contribution < 1.29 is 14.8 Å². The molecule has 2 heterocycles. The minimum atomic E-state index is -1.59. The molecule has 27 heavy (non-hydrogen) atoms. The Morgan fingerprint density at radius 2 is 1.93 bits per heavy atom. The lowest BCUT2D eigenvalue weighted by Gasteiger charge is -2.29. The van der Waals surface area contributed by atoms with Crippen LogP contribution in [0.15, 0.2) is 36.4 Å². The molecule has 4 rings (SSSR count). The molecule has 2 N–H and O–H groups in total. The number of anilines is 1. The van der Waals surface area contributed by atoms with Gasteiger partial charge in [0, 0.05) is 29.3 Å². The third kappa shape index (κ3) is 3.56. The molecule has 6 nitrogen and oxygen atoms in total. The van der Waals surface area contributed by atoms with Crippen LogP contribution in [0.5, 0.6) is 0 Å². The Morgan fingerprint density at radius 3 is 2.63 bits per heavy atom. The number of benzene rings is 2. The van der Waals surface area contributed by atoms with Gasteiger partial charge in [0.2, 0.25) is 0 Å². The summed E-state index contributed by atoms with van der Waals surface area (Å²) in [7, 11) is -1.59. The van der Waals surface area contributed by atoms with E-state index in [4.69, 9.17) is 16.3 Å². The van der Waals surface area contributed by atoms with E-state index in [1.807, 2.05) is 37.3 Å². The van der Waals surface area contributed by atoms with Crippen LogP contribution in [0, 0.1) is 6.92 Å². The minimum Gasteiger partial charge on any atom is -0.423 e. The average Bonchev–Trinajstić information content (AvgIpc) is 2.98. The zero-order valence-electron chi connectivity index (χ0n) is 15.1. The molecule has 8 heteroatoms. The molecular weight excluding hydrogens is 364 g/mol. The van der Waals surface area contributed by atoms with Gasteiger partial charge in [-0.15, -0.1) is 0 Å². The van der Waals surface area contributed by atoms with Crippen LogP contribution >= 0.6 is 11.6 Å². The van der Waals surface area contributed by atoms with Crippen molar-refractivity contribution in [3.05, 3.63) is 52.8 Å². The summed E-state index contributed by atoms with van der Waals surface area (Å²) in [4.78, 5) is 6.79. The van der Waals surface area contributed by atoms with Crippen LogP contribution in [0.4, 0.5) is 5.69 Å². The van der Waals surface area contributed by atoms with Gasteiger partial charge >= 0.3 is 7.12 Å². The van der Waals surface area contributed by atoms with Gasteiger partial charge in [0.1, 0.15) is 5.82 Å². The summed E-state index contributed by atoms with van der Waals surface area (Å²) in [6.07, 6.45) is 0. The van der Waals surface area contributed by atoms with E-state index in [-0.39, 0.29) is 0 Å². The van der Waals surface area contributed by atoms with Crippen LogP contribution in [-0.2, 0) is 11.3 Å². The molecule has 0 unspecified atom stereocenters. The highest BCUT2D eigenvalue weighted by atomic mass is 35.5. The number of fused-ring (bicyclic) bond motifs is 1. The maximum atomic E-state index is 9.92. The van der Waals surface area contributed by atoms with Gasteiger partial charge in [-0.2, -0.15) is 0 Å². The van der Waals surface area contributed by atoms with E-state index in [1.54, 1.807) is 0 Å². The second-order valence-electron chi connectivity index (χ2n) is 6.71. The van der Waals surface area contributed by atoms with E-state index in [0.29, 0.717) is 35.8 Å². The Hall–Kier alpha value is -2.06. The van der Waals surface area contributed by atoms with E-state index in [0.717, 1.165) is 35.7 Å². The molecule has 1 aromatic heterocycles. The molecule has 140 valence electrons. The Balaban J connectivity index is 1.85. The first kappa shape index (κ1) is 18.3. The number of aryl methyl sites for hydroxylation is 1. The van der Waals surface area contributed by atoms with Crippen molar-refractivity contribution in [3.8, 4) is 0 Å². The molecule has 0 spiro atoms. The van der Waals surface area contributed by atoms with Crippen LogP contribution in [0.3, 0.4) is 0 Å². The molecule has 0 radical (unpaired) electrons. The maximum absolute atomic E-state index is 9.92. The molecule has 0 amide bonds. The van der Waals surface area contributed by atoms with Crippen LogP contribution in [0.2, 0.25) is 5.02 Å². The highest BCUT2D eigenvalue weighted by Crippen LogP contribution is 2.25. The summed E-state index contributed by atoms with van der Waals surface area (Å²) in [6, 6.07) is 11.6. The van der Waals surface area contributed by atoms with E-state index in [1.165, 1.54) is 0 Å². The Kier molecular flexibility index (Phi) is 5.10. The third-order valence-corrected chi connectivity index (χ3v) is 5.37. The molecule has 0 bridgehead atoms. The van der Waals surface area contributed by atoms with Crippen molar-refractivity contribution in [2.75, 3.05) is 31.2 Å². The van der Waals surface area contributed by atoms with Gasteiger partial charge in [-0.3, -0.25) is 0 Å². The molecular formula is C19H21BClN3O3. The standard InChI is InChI=1S/C19H21BClN3O3/c1-13-22-19-16(20(25)26)10-15(23-6-8-27-9-7-23)11-18(19)24(13)12-14-4-2-3-5-17(14)21/h2-5,10-11,25-26H,6-9,12H2,1H3. The van der Waals surface area contributed by atoms with Gasteiger partial charge in [0.25, 0.3) is 0 Å². The fourth-order valence-corrected chi connectivity index (χ4v) is 3.74. The summed E-state index contributed by atoms with van der Waals surface area (Å²) in [5, 5.41) is 20.5. The molecule has 0 atom stereocenters. The van der Waals surface area contributed by atoms with Crippen LogP contribution in [-0.4, -0.2) is 53.0 Å². The van der Waals surface area contributed by atoms with Gasteiger partial charge in [0.15, 0.2) is 0 Å². The highest BCUT2D eigenvalue weighted by Gasteiger charge is 2.23. The second kappa shape index (κ2) is 7.52. The lowest BCUT2D eigenvalue weighted by molar-refractivity contribution is 0.122. The molecule has 1 saturated heterocycles. The average molecular weight is 386 g/mol. The summed E-state index contributed by atoms with van der Waals surface area (Å²) in [5.41, 5.74) is 3.81. The third-order valence-electron chi connectivity index (χ3n) is 5.00. The lowest BCUT2D eigenvalue weighted by atomic mass is 9.79. The predicted molar refractivity (Wildman–Crippen MR) is 108 cm³/mol. The topological polar surface area (TPSA) is 70.8 Å². The van der Waals surface area contributed by atoms with Gasteiger partial charge in [0.05, 0.1) is 30.8 Å². The number of ether oxygens (including phenoxy) is 1. The number of aromatic nitrogens is 2. The number of halogens is 1. The van der Waals surface area contributed by atoms with Crippen LogP contribution in [0.1, 0.15) is 11.4 Å². The summed E-state index contributed by atoms with van der Waals surface area (Å²) >= 11 is 6.34. The molecule has 3 aromatic rings. The molecule has 0 saturated carbocycles.